The van der Waals surface area contributed by atoms with Crippen molar-refractivity contribution in [3.63, 3.8) is 0 Å². The quantitative estimate of drug-likeness (QED) is 0.369. The van der Waals surface area contributed by atoms with Gasteiger partial charge >= 0.3 is 5.97 Å². The number of hydrogen-bond acceptors (Lipinski definition) is 6. The SMILES string of the molecule is CN=CC(C(=O)O)=C(N)OCC1OCCO1. The third-order valence-corrected chi connectivity index (χ3v) is 1.82. The Morgan fingerprint density at radius 1 is 1.62 bits per heavy atom. The van der Waals surface area contributed by atoms with Crippen LogP contribution in [-0.4, -0.2) is 50.4 Å². The molecule has 0 radical (unpaired) electrons. The van der Waals surface area contributed by atoms with Crippen molar-refractivity contribution in [2.45, 2.75) is 6.29 Å². The van der Waals surface area contributed by atoms with Crippen molar-refractivity contribution in [3.8, 4) is 0 Å². The van der Waals surface area contributed by atoms with Gasteiger partial charge in [0.1, 0.15) is 12.2 Å². The molecule has 7 heteroatoms. The Balaban J connectivity index is 2.54. The second-order valence-corrected chi connectivity index (χ2v) is 2.95. The van der Waals surface area contributed by atoms with Gasteiger partial charge in [-0.2, -0.15) is 0 Å². The van der Waals surface area contributed by atoms with Crippen LogP contribution in [0.1, 0.15) is 0 Å². The van der Waals surface area contributed by atoms with Gasteiger partial charge in [-0.25, -0.2) is 4.79 Å². The van der Waals surface area contributed by atoms with Gasteiger partial charge in [-0.3, -0.25) is 4.99 Å². The largest absolute Gasteiger partial charge is 0.477 e. The van der Waals surface area contributed by atoms with E-state index in [-0.39, 0.29) is 18.1 Å². The molecule has 1 aliphatic rings. The third kappa shape index (κ3) is 3.52. The van der Waals surface area contributed by atoms with Crippen LogP contribution in [0.2, 0.25) is 0 Å². The first-order valence-electron chi connectivity index (χ1n) is 4.66. The minimum atomic E-state index is -1.20. The van der Waals surface area contributed by atoms with Crippen molar-refractivity contribution in [2.24, 2.45) is 10.7 Å². The Hall–Kier alpha value is -1.60. The summed E-state index contributed by atoms with van der Waals surface area (Å²) in [5.74, 6) is -1.41. The second kappa shape index (κ2) is 6.09. The van der Waals surface area contributed by atoms with Crippen LogP contribution in [0.3, 0.4) is 0 Å². The van der Waals surface area contributed by atoms with Gasteiger partial charge < -0.3 is 25.1 Å². The van der Waals surface area contributed by atoms with Gasteiger partial charge in [0.2, 0.25) is 5.88 Å². The van der Waals surface area contributed by atoms with Gasteiger partial charge in [-0.15, -0.1) is 0 Å². The maximum absolute atomic E-state index is 10.8. The fraction of sp³-hybridized carbons (Fsp3) is 0.556. The number of ether oxygens (including phenoxy) is 3. The normalized spacial score (nSPS) is 18.8. The smallest absolute Gasteiger partial charge is 0.342 e. The van der Waals surface area contributed by atoms with Gasteiger partial charge in [0.15, 0.2) is 6.29 Å². The summed E-state index contributed by atoms with van der Waals surface area (Å²) in [6.07, 6.45) is 0.626. The molecule has 3 N–H and O–H groups in total. The Kier molecular flexibility index (Phi) is 4.74. The molecule has 0 bridgehead atoms. The summed E-state index contributed by atoms with van der Waals surface area (Å²) in [6.45, 7) is 1.06. The van der Waals surface area contributed by atoms with Crippen LogP contribution in [0.15, 0.2) is 16.4 Å². The van der Waals surface area contributed by atoms with E-state index in [1.807, 2.05) is 0 Å². The van der Waals surface area contributed by atoms with E-state index in [9.17, 15) is 4.79 Å². The molecule has 90 valence electrons. The second-order valence-electron chi connectivity index (χ2n) is 2.95. The highest BCUT2D eigenvalue weighted by Gasteiger charge is 2.18. The van der Waals surface area contributed by atoms with E-state index in [0.29, 0.717) is 13.2 Å². The number of carbonyl (C=O) groups is 1. The molecule has 0 amide bonds. The maximum Gasteiger partial charge on any atom is 0.342 e. The summed E-state index contributed by atoms with van der Waals surface area (Å²) in [7, 11) is 1.44. The fourth-order valence-electron chi connectivity index (χ4n) is 1.09. The third-order valence-electron chi connectivity index (χ3n) is 1.82. The Labute approximate surface area is 92.5 Å². The molecule has 0 unspecified atom stereocenters. The van der Waals surface area contributed by atoms with E-state index in [1.54, 1.807) is 0 Å². The van der Waals surface area contributed by atoms with Crippen molar-refractivity contribution in [3.05, 3.63) is 11.5 Å². The molecular weight excluding hydrogens is 216 g/mol. The van der Waals surface area contributed by atoms with Crippen LogP contribution in [0.4, 0.5) is 0 Å². The molecule has 0 aliphatic carbocycles. The predicted molar refractivity (Wildman–Crippen MR) is 54.9 cm³/mol. The van der Waals surface area contributed by atoms with Gasteiger partial charge in [0.25, 0.3) is 0 Å². The van der Waals surface area contributed by atoms with Crippen molar-refractivity contribution in [1.29, 1.82) is 0 Å². The van der Waals surface area contributed by atoms with Crippen molar-refractivity contribution in [1.82, 2.24) is 0 Å². The summed E-state index contributed by atoms with van der Waals surface area (Å²) >= 11 is 0. The maximum atomic E-state index is 10.8. The van der Waals surface area contributed by atoms with E-state index in [1.165, 1.54) is 7.05 Å². The molecule has 1 heterocycles. The van der Waals surface area contributed by atoms with Crippen LogP contribution in [-0.2, 0) is 19.0 Å². The van der Waals surface area contributed by atoms with Crippen LogP contribution >= 0.6 is 0 Å². The predicted octanol–water partition coefficient (Wildman–Crippen LogP) is -0.669. The van der Waals surface area contributed by atoms with E-state index in [4.69, 9.17) is 25.1 Å². The average molecular weight is 230 g/mol. The first-order valence-corrected chi connectivity index (χ1v) is 4.66. The van der Waals surface area contributed by atoms with Crippen molar-refractivity contribution >= 4 is 12.2 Å². The highest BCUT2D eigenvalue weighted by atomic mass is 16.7. The molecule has 0 aromatic heterocycles. The topological polar surface area (TPSA) is 103 Å². The summed E-state index contributed by atoms with van der Waals surface area (Å²) in [6, 6.07) is 0. The number of nitrogens with two attached hydrogens (primary N) is 1. The van der Waals surface area contributed by atoms with Gasteiger partial charge in [-0.05, 0) is 0 Å². The number of aliphatic carboxylic acids is 1. The minimum absolute atomic E-state index is 0.0557. The average Bonchev–Trinajstić information content (AvgIpc) is 2.75. The van der Waals surface area contributed by atoms with Gasteiger partial charge in [0, 0.05) is 13.3 Å². The Morgan fingerprint density at radius 2 is 2.25 bits per heavy atom. The first-order chi connectivity index (χ1) is 7.65. The fourth-order valence-corrected chi connectivity index (χ4v) is 1.09. The lowest BCUT2D eigenvalue weighted by Crippen LogP contribution is -2.21. The lowest BCUT2D eigenvalue weighted by Gasteiger charge is -2.11. The lowest BCUT2D eigenvalue weighted by molar-refractivity contribution is -0.132. The molecule has 1 aliphatic heterocycles. The van der Waals surface area contributed by atoms with Gasteiger partial charge in [0.05, 0.1) is 13.2 Å². The molecule has 0 aromatic carbocycles. The molecule has 0 spiro atoms. The molecule has 1 fully saturated rings. The molecule has 0 aromatic rings. The Bertz CT molecular complexity index is 307. The lowest BCUT2D eigenvalue weighted by atomic mass is 10.3. The molecule has 7 nitrogen and oxygen atoms in total. The van der Waals surface area contributed by atoms with Crippen LogP contribution in [0.5, 0.6) is 0 Å². The number of nitrogens with zero attached hydrogens (tertiary/aromatic N) is 1. The van der Waals surface area contributed by atoms with Crippen LogP contribution in [0.25, 0.3) is 0 Å². The summed E-state index contributed by atoms with van der Waals surface area (Å²) in [5, 5.41) is 8.80. The zero-order chi connectivity index (χ0) is 12.0. The van der Waals surface area contributed by atoms with Crippen LogP contribution < -0.4 is 5.73 Å². The molecule has 0 saturated carbocycles. The molecule has 16 heavy (non-hydrogen) atoms. The van der Waals surface area contributed by atoms with E-state index < -0.39 is 12.3 Å². The van der Waals surface area contributed by atoms with E-state index in [0.717, 1.165) is 6.21 Å². The van der Waals surface area contributed by atoms with Gasteiger partial charge in [-0.1, -0.05) is 0 Å². The van der Waals surface area contributed by atoms with Crippen molar-refractivity contribution < 1.29 is 24.1 Å². The molecule has 0 atom stereocenters. The van der Waals surface area contributed by atoms with E-state index >= 15 is 0 Å². The van der Waals surface area contributed by atoms with Crippen LogP contribution in [0, 0.1) is 0 Å². The number of carboxylic acid groups (broad SMARTS) is 1. The standard InChI is InChI=1S/C9H14N2O5/c1-11-4-6(9(12)13)8(10)16-5-7-14-2-3-15-7/h4,7H,2-3,5,10H2,1H3,(H,12,13). The zero-order valence-electron chi connectivity index (χ0n) is 8.88. The first kappa shape index (κ1) is 12.5. The number of carboxylic acids is 1. The zero-order valence-corrected chi connectivity index (χ0v) is 8.88. The monoisotopic (exact) mass is 230 g/mol. The molecule has 1 rings (SSSR count). The number of aliphatic imine (C=N–C) groups is 1. The van der Waals surface area contributed by atoms with Crippen molar-refractivity contribution in [2.75, 3.05) is 26.9 Å². The highest BCUT2D eigenvalue weighted by molar-refractivity contribution is 6.08. The summed E-state index contributed by atoms with van der Waals surface area (Å²) < 4.78 is 15.2. The Morgan fingerprint density at radius 3 is 2.75 bits per heavy atom. The minimum Gasteiger partial charge on any atom is -0.477 e. The summed E-state index contributed by atoms with van der Waals surface area (Å²) in [4.78, 5) is 14.3. The summed E-state index contributed by atoms with van der Waals surface area (Å²) in [5.41, 5.74) is 5.26. The highest BCUT2D eigenvalue weighted by Crippen LogP contribution is 2.06. The number of rotatable bonds is 5. The van der Waals surface area contributed by atoms with E-state index in [2.05, 4.69) is 4.99 Å². The molecular formula is C9H14N2O5. The number of hydrogen-bond donors (Lipinski definition) is 2. The molecule has 1 saturated heterocycles.